The number of thiocarbonyl (C=S) groups is 1. The van der Waals surface area contributed by atoms with Crippen LogP contribution in [0, 0.1) is 0 Å². The van der Waals surface area contributed by atoms with Crippen molar-refractivity contribution in [3.63, 3.8) is 0 Å². The molecule has 2 nitrogen and oxygen atoms in total. The third-order valence-corrected chi connectivity index (χ3v) is 3.01. The molecule has 0 radical (unpaired) electrons. The molecule has 0 aliphatic rings. The Bertz CT molecular complexity index is 539. The standard InChI is InChI=1S/C15H15NOS/c1-11(15(16)18)17-14-10-6-5-9-13(14)12-7-3-2-4-8-12/h2-11H,1H3,(H2,16,18). The molecule has 2 aromatic carbocycles. The van der Waals surface area contributed by atoms with Gasteiger partial charge < -0.3 is 10.5 Å². The summed E-state index contributed by atoms with van der Waals surface area (Å²) in [5.41, 5.74) is 7.74. The second kappa shape index (κ2) is 5.65. The normalized spacial score (nSPS) is 11.8. The monoisotopic (exact) mass is 257 g/mol. The molecule has 2 rings (SSSR count). The van der Waals surface area contributed by atoms with Crippen molar-refractivity contribution in [2.75, 3.05) is 0 Å². The van der Waals surface area contributed by atoms with Gasteiger partial charge in [-0.3, -0.25) is 0 Å². The number of hydrogen-bond acceptors (Lipinski definition) is 2. The minimum Gasteiger partial charge on any atom is -0.483 e. The molecule has 3 heteroatoms. The van der Waals surface area contributed by atoms with Crippen molar-refractivity contribution in [1.82, 2.24) is 0 Å². The van der Waals surface area contributed by atoms with E-state index in [-0.39, 0.29) is 6.10 Å². The van der Waals surface area contributed by atoms with Gasteiger partial charge in [0, 0.05) is 5.56 Å². The summed E-state index contributed by atoms with van der Waals surface area (Å²) in [6.45, 7) is 1.85. The van der Waals surface area contributed by atoms with Crippen molar-refractivity contribution in [3.8, 4) is 16.9 Å². The van der Waals surface area contributed by atoms with Gasteiger partial charge in [0.05, 0.1) is 0 Å². The number of para-hydroxylation sites is 1. The number of benzene rings is 2. The Morgan fingerprint density at radius 2 is 1.67 bits per heavy atom. The smallest absolute Gasteiger partial charge is 0.145 e. The zero-order chi connectivity index (χ0) is 13.0. The molecule has 0 aromatic heterocycles. The topological polar surface area (TPSA) is 35.2 Å². The first-order valence-electron chi connectivity index (χ1n) is 5.79. The highest BCUT2D eigenvalue weighted by atomic mass is 32.1. The van der Waals surface area contributed by atoms with Gasteiger partial charge in [-0.2, -0.15) is 0 Å². The first-order chi connectivity index (χ1) is 8.68. The molecule has 1 unspecified atom stereocenters. The van der Waals surface area contributed by atoms with Crippen LogP contribution in [0.4, 0.5) is 0 Å². The lowest BCUT2D eigenvalue weighted by atomic mass is 10.0. The molecule has 0 bridgehead atoms. The summed E-state index contributed by atoms with van der Waals surface area (Å²) >= 11 is 4.93. The lowest BCUT2D eigenvalue weighted by Gasteiger charge is -2.16. The van der Waals surface area contributed by atoms with Crippen LogP contribution in [-0.4, -0.2) is 11.1 Å². The molecule has 18 heavy (non-hydrogen) atoms. The van der Waals surface area contributed by atoms with E-state index < -0.39 is 0 Å². The maximum absolute atomic E-state index is 5.80. The van der Waals surface area contributed by atoms with Gasteiger partial charge >= 0.3 is 0 Å². The highest BCUT2D eigenvalue weighted by Crippen LogP contribution is 2.30. The van der Waals surface area contributed by atoms with E-state index in [9.17, 15) is 0 Å². The van der Waals surface area contributed by atoms with Crippen LogP contribution in [0.15, 0.2) is 54.6 Å². The molecule has 2 N–H and O–H groups in total. The zero-order valence-electron chi connectivity index (χ0n) is 10.2. The van der Waals surface area contributed by atoms with Gasteiger partial charge in [-0.1, -0.05) is 60.7 Å². The third-order valence-electron chi connectivity index (χ3n) is 2.68. The Kier molecular flexibility index (Phi) is 3.95. The zero-order valence-corrected chi connectivity index (χ0v) is 11.0. The fraction of sp³-hybridized carbons (Fsp3) is 0.133. The Morgan fingerprint density at radius 3 is 2.33 bits per heavy atom. The van der Waals surface area contributed by atoms with Gasteiger partial charge in [-0.15, -0.1) is 0 Å². The highest BCUT2D eigenvalue weighted by Gasteiger charge is 2.10. The van der Waals surface area contributed by atoms with Crippen molar-refractivity contribution in [2.45, 2.75) is 13.0 Å². The number of rotatable bonds is 4. The SMILES string of the molecule is CC(Oc1ccccc1-c1ccccc1)C(N)=S. The van der Waals surface area contributed by atoms with Crippen LogP contribution in [0.25, 0.3) is 11.1 Å². The van der Waals surface area contributed by atoms with E-state index in [1.165, 1.54) is 0 Å². The average molecular weight is 257 g/mol. The van der Waals surface area contributed by atoms with E-state index in [4.69, 9.17) is 22.7 Å². The lowest BCUT2D eigenvalue weighted by molar-refractivity contribution is 0.289. The molecule has 0 saturated carbocycles. The Morgan fingerprint density at radius 1 is 1.06 bits per heavy atom. The Hall–Kier alpha value is -1.87. The van der Waals surface area contributed by atoms with E-state index >= 15 is 0 Å². The molecule has 0 amide bonds. The van der Waals surface area contributed by atoms with Crippen molar-refractivity contribution in [2.24, 2.45) is 5.73 Å². The van der Waals surface area contributed by atoms with Gasteiger partial charge in [-0.05, 0) is 18.6 Å². The van der Waals surface area contributed by atoms with E-state index in [0.29, 0.717) is 4.99 Å². The predicted octanol–water partition coefficient (Wildman–Crippen LogP) is 3.41. The van der Waals surface area contributed by atoms with Gasteiger partial charge in [-0.25, -0.2) is 0 Å². The van der Waals surface area contributed by atoms with E-state index in [1.54, 1.807) is 0 Å². The van der Waals surface area contributed by atoms with Crippen LogP contribution in [0.3, 0.4) is 0 Å². The summed E-state index contributed by atoms with van der Waals surface area (Å²) in [6, 6.07) is 18.0. The summed E-state index contributed by atoms with van der Waals surface area (Å²) in [7, 11) is 0. The first-order valence-corrected chi connectivity index (χ1v) is 6.19. The fourth-order valence-corrected chi connectivity index (χ4v) is 1.72. The Balaban J connectivity index is 2.35. The third kappa shape index (κ3) is 2.87. The fourth-order valence-electron chi connectivity index (χ4n) is 1.67. The maximum atomic E-state index is 5.80. The lowest BCUT2D eigenvalue weighted by Crippen LogP contribution is -2.29. The molecule has 0 spiro atoms. The molecule has 1 atom stereocenters. The van der Waals surface area contributed by atoms with E-state index in [0.717, 1.165) is 16.9 Å². The summed E-state index contributed by atoms with van der Waals surface area (Å²) in [5, 5.41) is 0. The largest absolute Gasteiger partial charge is 0.483 e. The van der Waals surface area contributed by atoms with Crippen LogP contribution in [-0.2, 0) is 0 Å². The quantitative estimate of drug-likeness (QED) is 0.853. The molecule has 0 aliphatic carbocycles. The van der Waals surface area contributed by atoms with Gasteiger partial charge in [0.1, 0.15) is 16.8 Å². The van der Waals surface area contributed by atoms with Crippen molar-refractivity contribution in [3.05, 3.63) is 54.6 Å². The van der Waals surface area contributed by atoms with Crippen molar-refractivity contribution in [1.29, 1.82) is 0 Å². The van der Waals surface area contributed by atoms with Gasteiger partial charge in [0.15, 0.2) is 0 Å². The molecule has 92 valence electrons. The second-order valence-corrected chi connectivity index (χ2v) is 4.50. The van der Waals surface area contributed by atoms with Gasteiger partial charge in [0.25, 0.3) is 0 Å². The summed E-state index contributed by atoms with van der Waals surface area (Å²) in [5.74, 6) is 0.795. The molecule has 0 heterocycles. The maximum Gasteiger partial charge on any atom is 0.145 e. The minimum absolute atomic E-state index is 0.273. The summed E-state index contributed by atoms with van der Waals surface area (Å²) in [4.78, 5) is 0.359. The van der Waals surface area contributed by atoms with Crippen molar-refractivity contribution < 1.29 is 4.74 Å². The average Bonchev–Trinajstić information content (AvgIpc) is 2.40. The predicted molar refractivity (Wildman–Crippen MR) is 78.8 cm³/mol. The van der Waals surface area contributed by atoms with Crippen LogP contribution < -0.4 is 10.5 Å². The van der Waals surface area contributed by atoms with Crippen molar-refractivity contribution >= 4 is 17.2 Å². The van der Waals surface area contributed by atoms with Gasteiger partial charge in [0.2, 0.25) is 0 Å². The molecular weight excluding hydrogens is 242 g/mol. The summed E-state index contributed by atoms with van der Waals surface area (Å²) in [6.07, 6.45) is -0.273. The first kappa shape index (κ1) is 12.6. The molecule has 0 saturated heterocycles. The second-order valence-electron chi connectivity index (χ2n) is 4.02. The highest BCUT2D eigenvalue weighted by molar-refractivity contribution is 7.80. The Labute approximate surface area is 112 Å². The molecule has 0 aliphatic heterocycles. The summed E-state index contributed by atoms with van der Waals surface area (Å²) < 4.78 is 5.80. The van der Waals surface area contributed by atoms with Crippen LogP contribution in [0.5, 0.6) is 5.75 Å². The van der Waals surface area contributed by atoms with Crippen LogP contribution in [0.2, 0.25) is 0 Å². The minimum atomic E-state index is -0.273. The number of nitrogens with two attached hydrogens (primary N) is 1. The van der Waals surface area contributed by atoms with E-state index in [1.807, 2.05) is 61.5 Å². The van der Waals surface area contributed by atoms with Crippen LogP contribution >= 0.6 is 12.2 Å². The molecule has 0 fully saturated rings. The van der Waals surface area contributed by atoms with E-state index in [2.05, 4.69) is 0 Å². The molecule has 2 aromatic rings. The number of ether oxygens (including phenoxy) is 1. The number of hydrogen-bond donors (Lipinski definition) is 1. The van der Waals surface area contributed by atoms with Crippen LogP contribution in [0.1, 0.15) is 6.92 Å². The molecular formula is C15H15NOS.